The van der Waals surface area contributed by atoms with Crippen molar-refractivity contribution in [3.05, 3.63) is 35.6 Å². The molecule has 0 aliphatic heterocycles. The predicted molar refractivity (Wildman–Crippen MR) is 75.5 cm³/mol. The van der Waals surface area contributed by atoms with E-state index in [4.69, 9.17) is 0 Å². The van der Waals surface area contributed by atoms with Crippen molar-refractivity contribution in [2.24, 2.45) is 0 Å². The number of nitrogens with zero attached hydrogens (tertiary/aromatic N) is 1. The Morgan fingerprint density at radius 2 is 2.00 bits per heavy atom. The molecule has 1 aromatic carbocycles. The SMILES string of the molecule is CCCCN(C)CC(=O)NCCc1ccc(F)cc1. The second-order valence-corrected chi connectivity index (χ2v) is 4.82. The Morgan fingerprint density at radius 3 is 2.63 bits per heavy atom. The second-order valence-electron chi connectivity index (χ2n) is 4.82. The van der Waals surface area contributed by atoms with Crippen LogP contribution in [0.4, 0.5) is 4.39 Å². The summed E-state index contributed by atoms with van der Waals surface area (Å²) in [7, 11) is 1.95. The van der Waals surface area contributed by atoms with Crippen LogP contribution < -0.4 is 5.32 Å². The second kappa shape index (κ2) is 8.64. The van der Waals surface area contributed by atoms with Crippen LogP contribution in [-0.2, 0) is 11.2 Å². The zero-order valence-electron chi connectivity index (χ0n) is 11.8. The standard InChI is InChI=1S/C15H23FN2O/c1-3-4-11-18(2)12-15(19)17-10-9-13-5-7-14(16)8-6-13/h5-8H,3-4,9-12H2,1-2H3,(H,17,19). The molecule has 0 bridgehead atoms. The Bertz CT molecular complexity index is 378. The summed E-state index contributed by atoms with van der Waals surface area (Å²) in [6.07, 6.45) is 2.97. The minimum Gasteiger partial charge on any atom is -0.355 e. The van der Waals surface area contributed by atoms with E-state index in [-0.39, 0.29) is 11.7 Å². The molecule has 0 fully saturated rings. The number of carbonyl (C=O) groups is 1. The Hall–Kier alpha value is -1.42. The van der Waals surface area contributed by atoms with E-state index in [0.29, 0.717) is 13.1 Å². The highest BCUT2D eigenvalue weighted by molar-refractivity contribution is 5.77. The van der Waals surface area contributed by atoms with Gasteiger partial charge in [0.05, 0.1) is 6.54 Å². The highest BCUT2D eigenvalue weighted by Gasteiger charge is 2.05. The van der Waals surface area contributed by atoms with Gasteiger partial charge in [-0.3, -0.25) is 9.69 Å². The summed E-state index contributed by atoms with van der Waals surface area (Å²) in [4.78, 5) is 13.7. The van der Waals surface area contributed by atoms with Crippen LogP contribution >= 0.6 is 0 Å². The molecule has 4 heteroatoms. The largest absolute Gasteiger partial charge is 0.355 e. The number of hydrogen-bond donors (Lipinski definition) is 1. The van der Waals surface area contributed by atoms with Crippen molar-refractivity contribution in [3.8, 4) is 0 Å². The first-order chi connectivity index (χ1) is 9.11. The van der Waals surface area contributed by atoms with Crippen LogP contribution in [0.25, 0.3) is 0 Å². The molecule has 0 radical (unpaired) electrons. The van der Waals surface area contributed by atoms with Crippen LogP contribution in [0.1, 0.15) is 25.3 Å². The molecule has 0 aromatic heterocycles. The predicted octanol–water partition coefficient (Wildman–Crippen LogP) is 2.22. The van der Waals surface area contributed by atoms with Gasteiger partial charge in [0.1, 0.15) is 5.82 Å². The van der Waals surface area contributed by atoms with Crippen molar-refractivity contribution in [1.82, 2.24) is 10.2 Å². The molecule has 19 heavy (non-hydrogen) atoms. The van der Waals surface area contributed by atoms with Gasteiger partial charge in [0.2, 0.25) is 5.91 Å². The lowest BCUT2D eigenvalue weighted by atomic mass is 10.1. The number of unbranched alkanes of at least 4 members (excludes halogenated alkanes) is 1. The summed E-state index contributed by atoms with van der Waals surface area (Å²) in [5.74, 6) is -0.189. The molecule has 0 aliphatic carbocycles. The molecule has 0 aliphatic rings. The minimum absolute atomic E-state index is 0.0423. The Balaban J connectivity index is 2.18. The molecular weight excluding hydrogens is 243 g/mol. The highest BCUT2D eigenvalue weighted by atomic mass is 19.1. The van der Waals surface area contributed by atoms with E-state index in [1.807, 2.05) is 11.9 Å². The molecule has 1 N–H and O–H groups in total. The average Bonchev–Trinajstić information content (AvgIpc) is 2.38. The lowest BCUT2D eigenvalue weighted by molar-refractivity contribution is -0.121. The van der Waals surface area contributed by atoms with E-state index in [2.05, 4.69) is 12.2 Å². The topological polar surface area (TPSA) is 32.3 Å². The lowest BCUT2D eigenvalue weighted by Crippen LogP contribution is -2.36. The molecular formula is C15H23FN2O. The first-order valence-corrected chi connectivity index (χ1v) is 6.81. The van der Waals surface area contributed by atoms with Gasteiger partial charge in [0.25, 0.3) is 0 Å². The number of nitrogens with one attached hydrogen (secondary N) is 1. The van der Waals surface area contributed by atoms with Crippen molar-refractivity contribution in [2.75, 3.05) is 26.7 Å². The van der Waals surface area contributed by atoms with Gasteiger partial charge in [-0.25, -0.2) is 4.39 Å². The molecule has 1 amide bonds. The number of hydrogen-bond acceptors (Lipinski definition) is 2. The third kappa shape index (κ3) is 6.91. The Morgan fingerprint density at radius 1 is 1.32 bits per heavy atom. The summed E-state index contributed by atoms with van der Waals surface area (Å²) in [5.41, 5.74) is 1.03. The van der Waals surface area contributed by atoms with E-state index in [1.54, 1.807) is 12.1 Å². The van der Waals surface area contributed by atoms with Crippen LogP contribution in [0.5, 0.6) is 0 Å². The molecule has 0 unspecified atom stereocenters. The maximum absolute atomic E-state index is 12.7. The summed E-state index contributed by atoms with van der Waals surface area (Å²) in [6.45, 7) is 4.11. The summed E-state index contributed by atoms with van der Waals surface area (Å²) >= 11 is 0. The van der Waals surface area contributed by atoms with E-state index in [0.717, 1.165) is 31.4 Å². The molecule has 0 saturated carbocycles. The summed E-state index contributed by atoms with van der Waals surface area (Å²) in [5, 5.41) is 2.88. The molecule has 1 rings (SSSR count). The van der Waals surface area contributed by atoms with Gasteiger partial charge >= 0.3 is 0 Å². The molecule has 0 spiro atoms. The first-order valence-electron chi connectivity index (χ1n) is 6.81. The van der Waals surface area contributed by atoms with Crippen molar-refractivity contribution in [1.29, 1.82) is 0 Å². The molecule has 1 aromatic rings. The fraction of sp³-hybridized carbons (Fsp3) is 0.533. The fourth-order valence-corrected chi connectivity index (χ4v) is 1.81. The average molecular weight is 266 g/mol. The lowest BCUT2D eigenvalue weighted by Gasteiger charge is -2.15. The van der Waals surface area contributed by atoms with Gasteiger partial charge < -0.3 is 5.32 Å². The van der Waals surface area contributed by atoms with Gasteiger partial charge in [-0.2, -0.15) is 0 Å². The quantitative estimate of drug-likeness (QED) is 0.782. The van der Waals surface area contributed by atoms with Gasteiger partial charge in [-0.15, -0.1) is 0 Å². The zero-order valence-corrected chi connectivity index (χ0v) is 11.8. The minimum atomic E-state index is -0.231. The van der Waals surface area contributed by atoms with Crippen molar-refractivity contribution < 1.29 is 9.18 Å². The number of likely N-dealkylation sites (N-methyl/N-ethyl adjacent to an activating group) is 1. The monoisotopic (exact) mass is 266 g/mol. The number of rotatable bonds is 8. The smallest absolute Gasteiger partial charge is 0.234 e. The van der Waals surface area contributed by atoms with Crippen LogP contribution in [0.3, 0.4) is 0 Å². The van der Waals surface area contributed by atoms with Crippen molar-refractivity contribution in [3.63, 3.8) is 0 Å². The van der Waals surface area contributed by atoms with Gasteiger partial charge in [0.15, 0.2) is 0 Å². The number of carbonyl (C=O) groups excluding carboxylic acids is 1. The number of halogens is 1. The van der Waals surface area contributed by atoms with E-state index < -0.39 is 0 Å². The Kier molecular flexibility index (Phi) is 7.11. The third-order valence-electron chi connectivity index (χ3n) is 2.96. The van der Waals surface area contributed by atoms with E-state index in [1.165, 1.54) is 12.1 Å². The zero-order chi connectivity index (χ0) is 14.1. The van der Waals surface area contributed by atoms with Gasteiger partial charge in [-0.1, -0.05) is 25.5 Å². The van der Waals surface area contributed by atoms with Crippen molar-refractivity contribution >= 4 is 5.91 Å². The van der Waals surface area contributed by atoms with Gasteiger partial charge in [-0.05, 0) is 44.1 Å². The highest BCUT2D eigenvalue weighted by Crippen LogP contribution is 2.02. The molecule has 0 saturated heterocycles. The molecule has 0 heterocycles. The van der Waals surface area contributed by atoms with Crippen LogP contribution in [-0.4, -0.2) is 37.5 Å². The maximum atomic E-state index is 12.7. The maximum Gasteiger partial charge on any atom is 0.234 e. The molecule has 3 nitrogen and oxygen atoms in total. The molecule has 106 valence electrons. The third-order valence-corrected chi connectivity index (χ3v) is 2.96. The summed E-state index contributed by atoms with van der Waals surface area (Å²) < 4.78 is 12.7. The fourth-order valence-electron chi connectivity index (χ4n) is 1.81. The Labute approximate surface area is 114 Å². The summed E-state index contributed by atoms with van der Waals surface area (Å²) in [6, 6.07) is 6.37. The normalized spacial score (nSPS) is 10.7. The van der Waals surface area contributed by atoms with E-state index >= 15 is 0 Å². The van der Waals surface area contributed by atoms with Crippen LogP contribution in [0, 0.1) is 5.82 Å². The van der Waals surface area contributed by atoms with Crippen LogP contribution in [0.2, 0.25) is 0 Å². The number of amides is 1. The van der Waals surface area contributed by atoms with Gasteiger partial charge in [0, 0.05) is 6.54 Å². The van der Waals surface area contributed by atoms with Crippen molar-refractivity contribution in [2.45, 2.75) is 26.2 Å². The van der Waals surface area contributed by atoms with E-state index in [9.17, 15) is 9.18 Å². The van der Waals surface area contributed by atoms with Crippen LogP contribution in [0.15, 0.2) is 24.3 Å². The first kappa shape index (κ1) is 15.6. The number of benzene rings is 1. The molecule has 0 atom stereocenters.